The number of aromatic nitrogens is 2. The molecule has 2 rings (SSSR count). The number of ether oxygens (including phenoxy) is 1. The Labute approximate surface area is 124 Å². The fourth-order valence-electron chi connectivity index (χ4n) is 2.28. The lowest BCUT2D eigenvalue weighted by molar-refractivity contribution is 0.415. The molecule has 4 nitrogen and oxygen atoms in total. The number of nitrogens with zero attached hydrogens (tertiary/aromatic N) is 2. The van der Waals surface area contributed by atoms with E-state index in [2.05, 4.69) is 25.8 Å². The minimum Gasteiger partial charge on any atom is -0.495 e. The zero-order valence-corrected chi connectivity index (χ0v) is 13.0. The number of rotatable bonds is 4. The minimum atomic E-state index is 0.319. The summed E-state index contributed by atoms with van der Waals surface area (Å²) in [6.07, 6.45) is 0. The van der Waals surface area contributed by atoms with Crippen molar-refractivity contribution in [2.45, 2.75) is 33.2 Å². The summed E-state index contributed by atoms with van der Waals surface area (Å²) in [4.78, 5) is 4.69. The molecule has 0 aliphatic carbocycles. The summed E-state index contributed by atoms with van der Waals surface area (Å²) in [6.45, 7) is 7.09. The van der Waals surface area contributed by atoms with Crippen molar-refractivity contribution in [3.63, 3.8) is 0 Å². The van der Waals surface area contributed by atoms with Gasteiger partial charge < -0.3 is 15.0 Å². The number of benzene rings is 1. The van der Waals surface area contributed by atoms with Gasteiger partial charge in [-0.2, -0.15) is 0 Å². The van der Waals surface area contributed by atoms with Crippen LogP contribution >= 0.6 is 11.6 Å². The number of nitrogen functional groups attached to an aromatic ring is 1. The van der Waals surface area contributed by atoms with Crippen LogP contribution in [0.2, 0.25) is 5.02 Å². The second-order valence-corrected chi connectivity index (χ2v) is 5.36. The van der Waals surface area contributed by atoms with E-state index in [-0.39, 0.29) is 0 Å². The molecule has 0 atom stereocenters. The third-order valence-electron chi connectivity index (χ3n) is 3.29. The zero-order valence-electron chi connectivity index (χ0n) is 12.3. The molecule has 2 N–H and O–H groups in total. The number of imidazole rings is 1. The van der Waals surface area contributed by atoms with E-state index in [9.17, 15) is 0 Å². The fourth-order valence-corrected chi connectivity index (χ4v) is 2.54. The number of halogens is 1. The third kappa shape index (κ3) is 2.48. The Morgan fingerprint density at radius 3 is 2.55 bits per heavy atom. The lowest BCUT2D eigenvalue weighted by atomic mass is 10.1. The molecule has 1 aromatic carbocycles. The second kappa shape index (κ2) is 5.75. The summed E-state index contributed by atoms with van der Waals surface area (Å²) in [5, 5.41) is 0.557. The van der Waals surface area contributed by atoms with E-state index in [0.717, 1.165) is 23.6 Å². The van der Waals surface area contributed by atoms with Crippen molar-refractivity contribution in [1.29, 1.82) is 0 Å². The van der Waals surface area contributed by atoms with Gasteiger partial charge in [-0.1, -0.05) is 25.4 Å². The van der Waals surface area contributed by atoms with Crippen LogP contribution in [0.3, 0.4) is 0 Å². The standard InChI is InChI=1S/C15H20ClN3O/c1-5-19-14(17)13(18-15(19)9(2)3)10-6-7-12(20-4)11(16)8-10/h6-9H,5,17H2,1-4H3. The van der Waals surface area contributed by atoms with Crippen LogP contribution in [0.1, 0.15) is 32.5 Å². The molecule has 0 bridgehead atoms. The van der Waals surface area contributed by atoms with Crippen molar-refractivity contribution < 1.29 is 4.74 Å². The third-order valence-corrected chi connectivity index (χ3v) is 3.59. The van der Waals surface area contributed by atoms with Gasteiger partial charge in [-0.25, -0.2) is 4.98 Å². The molecule has 0 aliphatic heterocycles. The largest absolute Gasteiger partial charge is 0.495 e. The topological polar surface area (TPSA) is 53.1 Å². The number of nitrogens with two attached hydrogens (primary N) is 1. The lowest BCUT2D eigenvalue weighted by Crippen LogP contribution is -2.06. The van der Waals surface area contributed by atoms with Gasteiger partial charge in [0.05, 0.1) is 12.1 Å². The van der Waals surface area contributed by atoms with Gasteiger partial charge in [0.25, 0.3) is 0 Å². The molecular formula is C15H20ClN3O. The molecule has 0 radical (unpaired) electrons. The number of hydrogen-bond acceptors (Lipinski definition) is 3. The molecule has 0 amide bonds. The van der Waals surface area contributed by atoms with Gasteiger partial charge in [0, 0.05) is 18.0 Å². The molecule has 20 heavy (non-hydrogen) atoms. The van der Waals surface area contributed by atoms with Gasteiger partial charge in [0.1, 0.15) is 23.1 Å². The average Bonchev–Trinajstić information content (AvgIpc) is 2.75. The van der Waals surface area contributed by atoms with Gasteiger partial charge >= 0.3 is 0 Å². The second-order valence-electron chi connectivity index (χ2n) is 4.95. The van der Waals surface area contributed by atoms with E-state index in [1.54, 1.807) is 7.11 Å². The summed E-state index contributed by atoms with van der Waals surface area (Å²) >= 11 is 6.17. The maximum absolute atomic E-state index is 6.23. The molecule has 0 unspecified atom stereocenters. The Morgan fingerprint density at radius 1 is 1.40 bits per heavy atom. The predicted octanol–water partition coefficient (Wildman–Crippen LogP) is 3.94. The van der Waals surface area contributed by atoms with Crippen LogP contribution in [0.5, 0.6) is 5.75 Å². The van der Waals surface area contributed by atoms with Crippen LogP contribution < -0.4 is 10.5 Å². The zero-order chi connectivity index (χ0) is 14.9. The van der Waals surface area contributed by atoms with E-state index < -0.39 is 0 Å². The molecule has 1 aromatic heterocycles. The van der Waals surface area contributed by atoms with Gasteiger partial charge in [-0.15, -0.1) is 0 Å². The summed E-state index contributed by atoms with van der Waals surface area (Å²) in [7, 11) is 1.60. The van der Waals surface area contributed by atoms with Gasteiger partial charge in [-0.3, -0.25) is 0 Å². The van der Waals surface area contributed by atoms with Crippen molar-refractivity contribution in [2.24, 2.45) is 0 Å². The molecule has 0 saturated carbocycles. The smallest absolute Gasteiger partial charge is 0.137 e. The molecule has 0 saturated heterocycles. The molecule has 0 aliphatic rings. The summed E-state index contributed by atoms with van der Waals surface area (Å²) in [6, 6.07) is 5.59. The van der Waals surface area contributed by atoms with Crippen molar-refractivity contribution >= 4 is 17.4 Å². The van der Waals surface area contributed by atoms with Gasteiger partial charge in [0.15, 0.2) is 0 Å². The lowest BCUT2D eigenvalue weighted by Gasteiger charge is -2.08. The fraction of sp³-hybridized carbons (Fsp3) is 0.400. The molecule has 2 aromatic rings. The van der Waals surface area contributed by atoms with Crippen molar-refractivity contribution in [3.8, 4) is 17.0 Å². The molecule has 1 heterocycles. The van der Waals surface area contributed by atoms with E-state index in [1.807, 2.05) is 22.8 Å². The molecule has 108 valence electrons. The molecular weight excluding hydrogens is 274 g/mol. The Morgan fingerprint density at radius 2 is 2.10 bits per heavy atom. The molecule has 0 spiro atoms. The maximum atomic E-state index is 6.23. The summed E-state index contributed by atoms with van der Waals surface area (Å²) in [5.41, 5.74) is 7.91. The first-order chi connectivity index (χ1) is 9.49. The van der Waals surface area contributed by atoms with Crippen LogP contribution in [-0.2, 0) is 6.54 Å². The van der Waals surface area contributed by atoms with Crippen LogP contribution in [-0.4, -0.2) is 16.7 Å². The predicted molar refractivity (Wildman–Crippen MR) is 83.4 cm³/mol. The highest BCUT2D eigenvalue weighted by molar-refractivity contribution is 6.32. The normalized spacial score (nSPS) is 11.1. The highest BCUT2D eigenvalue weighted by atomic mass is 35.5. The number of methoxy groups -OCH3 is 1. The highest BCUT2D eigenvalue weighted by Gasteiger charge is 2.18. The van der Waals surface area contributed by atoms with Gasteiger partial charge in [0.2, 0.25) is 0 Å². The number of hydrogen-bond donors (Lipinski definition) is 1. The highest BCUT2D eigenvalue weighted by Crippen LogP contribution is 2.34. The van der Waals surface area contributed by atoms with Crippen LogP contribution in [0.25, 0.3) is 11.3 Å². The average molecular weight is 294 g/mol. The molecule has 0 fully saturated rings. The van der Waals surface area contributed by atoms with E-state index in [1.165, 1.54) is 0 Å². The first-order valence-electron chi connectivity index (χ1n) is 6.69. The maximum Gasteiger partial charge on any atom is 0.137 e. The first-order valence-corrected chi connectivity index (χ1v) is 7.07. The van der Waals surface area contributed by atoms with Crippen molar-refractivity contribution in [1.82, 2.24) is 9.55 Å². The first kappa shape index (κ1) is 14.7. The Hall–Kier alpha value is -1.68. The minimum absolute atomic E-state index is 0.319. The van der Waals surface area contributed by atoms with E-state index >= 15 is 0 Å². The quantitative estimate of drug-likeness (QED) is 0.929. The summed E-state index contributed by atoms with van der Waals surface area (Å²) in [5.74, 6) is 2.64. The van der Waals surface area contributed by atoms with E-state index in [0.29, 0.717) is 22.5 Å². The Balaban J connectivity index is 2.55. The van der Waals surface area contributed by atoms with Crippen molar-refractivity contribution in [2.75, 3.05) is 12.8 Å². The summed E-state index contributed by atoms with van der Waals surface area (Å²) < 4.78 is 7.21. The SMILES string of the molecule is CCn1c(C(C)C)nc(-c2ccc(OC)c(Cl)c2)c1N. The molecule has 5 heteroatoms. The monoisotopic (exact) mass is 293 g/mol. The van der Waals surface area contributed by atoms with Crippen LogP contribution in [0.4, 0.5) is 5.82 Å². The number of anilines is 1. The van der Waals surface area contributed by atoms with Gasteiger partial charge in [-0.05, 0) is 25.1 Å². The van der Waals surface area contributed by atoms with Crippen LogP contribution in [0, 0.1) is 0 Å². The van der Waals surface area contributed by atoms with Crippen molar-refractivity contribution in [3.05, 3.63) is 29.0 Å². The van der Waals surface area contributed by atoms with Crippen LogP contribution in [0.15, 0.2) is 18.2 Å². The Bertz CT molecular complexity index is 620. The Kier molecular flexibility index (Phi) is 4.23. The van der Waals surface area contributed by atoms with E-state index in [4.69, 9.17) is 22.1 Å².